The first-order valence-electron chi connectivity index (χ1n) is 10.7. The third-order valence-corrected chi connectivity index (χ3v) is 6.61. The van der Waals surface area contributed by atoms with Gasteiger partial charge in [0.05, 0.1) is 14.2 Å². The lowest BCUT2D eigenvalue weighted by Gasteiger charge is -2.18. The lowest BCUT2D eigenvalue weighted by Crippen LogP contribution is -1.92. The van der Waals surface area contributed by atoms with Crippen molar-refractivity contribution in [3.63, 3.8) is 0 Å². The zero-order chi connectivity index (χ0) is 23.7. The minimum Gasteiger partial charge on any atom is -0.507 e. The molecule has 0 amide bonds. The van der Waals surface area contributed by atoms with Crippen molar-refractivity contribution in [2.24, 2.45) is 0 Å². The summed E-state index contributed by atoms with van der Waals surface area (Å²) in [4.78, 5) is 0. The van der Waals surface area contributed by atoms with Crippen LogP contribution < -0.4 is 9.47 Å². The van der Waals surface area contributed by atoms with Gasteiger partial charge in [0.15, 0.2) is 0 Å². The summed E-state index contributed by atoms with van der Waals surface area (Å²) in [7, 11) is 3.10. The molecule has 6 aromatic rings. The molecule has 0 fully saturated rings. The van der Waals surface area contributed by atoms with E-state index in [2.05, 4.69) is 0 Å². The van der Waals surface area contributed by atoms with Crippen LogP contribution in [0.2, 0.25) is 0 Å². The molecule has 0 spiro atoms. The Kier molecular flexibility index (Phi) is 4.10. The Morgan fingerprint density at radius 3 is 1.26 bits per heavy atom. The predicted molar refractivity (Wildman–Crippen MR) is 134 cm³/mol. The van der Waals surface area contributed by atoms with E-state index in [-0.39, 0.29) is 23.0 Å². The topological polar surface area (TPSA) is 99.4 Å². The quantitative estimate of drug-likeness (QED) is 0.182. The number of benzene rings is 6. The second-order valence-corrected chi connectivity index (χ2v) is 8.28. The summed E-state index contributed by atoms with van der Waals surface area (Å²) < 4.78 is 11.3. The van der Waals surface area contributed by atoms with Crippen molar-refractivity contribution in [2.45, 2.75) is 0 Å². The van der Waals surface area contributed by atoms with E-state index in [0.29, 0.717) is 43.8 Å². The van der Waals surface area contributed by atoms with E-state index in [1.807, 2.05) is 24.3 Å². The molecule has 6 aromatic carbocycles. The third-order valence-electron chi connectivity index (χ3n) is 6.61. The van der Waals surface area contributed by atoms with Gasteiger partial charge in [0.2, 0.25) is 0 Å². The van der Waals surface area contributed by atoms with Crippen LogP contribution in [0.5, 0.6) is 34.5 Å². The molecule has 0 heterocycles. The molecule has 0 atom stereocenters. The molecule has 168 valence electrons. The normalized spacial score (nSPS) is 11.7. The second-order valence-electron chi connectivity index (χ2n) is 8.28. The number of ether oxygens (including phenoxy) is 2. The Morgan fingerprint density at radius 2 is 0.853 bits per heavy atom. The van der Waals surface area contributed by atoms with Crippen LogP contribution in [-0.4, -0.2) is 34.6 Å². The molecule has 4 N–H and O–H groups in total. The van der Waals surface area contributed by atoms with Gasteiger partial charge in [0, 0.05) is 43.1 Å². The Labute approximate surface area is 193 Å². The molecule has 6 nitrogen and oxygen atoms in total. The van der Waals surface area contributed by atoms with Crippen LogP contribution >= 0.6 is 0 Å². The number of hydrogen-bond donors (Lipinski definition) is 4. The van der Waals surface area contributed by atoms with E-state index < -0.39 is 0 Å². The molecule has 0 aliphatic carbocycles. The standard InChI is InChI=1S/C28H20O6/c1-33-22-11-16-18(29)7-9-20(31)25(16)27-14(22)5-3-13-4-6-15-23(34-2)12-17-19(30)8-10-21(32)26(17)28(15)24(13)27/h3-12,29-32H,1-2H3. The number of phenolic OH excluding ortho intramolecular Hbond substituents is 4. The van der Waals surface area contributed by atoms with Gasteiger partial charge in [-0.15, -0.1) is 0 Å². The maximum atomic E-state index is 10.9. The predicted octanol–water partition coefficient (Wildman–Crippen LogP) is 6.29. The molecule has 0 aliphatic heterocycles. The molecular weight excluding hydrogens is 432 g/mol. The highest BCUT2D eigenvalue weighted by molar-refractivity contribution is 6.35. The molecule has 0 bridgehead atoms. The molecule has 0 radical (unpaired) electrons. The van der Waals surface area contributed by atoms with Gasteiger partial charge in [-0.2, -0.15) is 0 Å². The fourth-order valence-electron chi connectivity index (χ4n) is 5.12. The van der Waals surface area contributed by atoms with E-state index in [9.17, 15) is 20.4 Å². The summed E-state index contributed by atoms with van der Waals surface area (Å²) in [6, 6.07) is 16.9. The number of rotatable bonds is 2. The van der Waals surface area contributed by atoms with Crippen molar-refractivity contribution in [2.75, 3.05) is 14.2 Å². The number of hydrogen-bond acceptors (Lipinski definition) is 6. The van der Waals surface area contributed by atoms with E-state index >= 15 is 0 Å². The van der Waals surface area contributed by atoms with Gasteiger partial charge in [-0.1, -0.05) is 12.1 Å². The zero-order valence-corrected chi connectivity index (χ0v) is 18.4. The highest BCUT2D eigenvalue weighted by Crippen LogP contribution is 2.49. The van der Waals surface area contributed by atoms with Crippen molar-refractivity contribution in [3.05, 3.63) is 60.7 Å². The SMILES string of the molecule is COc1cc2c(O)ccc(O)c2c2c1ccc1ccc3c(OC)cc4c(O)ccc(O)c4c3c12. The summed E-state index contributed by atoms with van der Waals surface area (Å²) in [6.07, 6.45) is 0. The van der Waals surface area contributed by atoms with Crippen LogP contribution in [0.25, 0.3) is 53.9 Å². The smallest absolute Gasteiger partial charge is 0.127 e. The summed E-state index contributed by atoms with van der Waals surface area (Å²) in [5.41, 5.74) is 0. The molecule has 0 aliphatic rings. The summed E-state index contributed by atoms with van der Waals surface area (Å²) in [5, 5.41) is 49.3. The molecule has 0 unspecified atom stereocenters. The van der Waals surface area contributed by atoms with Gasteiger partial charge < -0.3 is 29.9 Å². The first kappa shape index (κ1) is 20.1. The van der Waals surface area contributed by atoms with Gasteiger partial charge in [-0.3, -0.25) is 0 Å². The molecule has 6 rings (SSSR count). The van der Waals surface area contributed by atoms with Crippen molar-refractivity contribution >= 4 is 53.9 Å². The molecule has 0 saturated heterocycles. The minimum absolute atomic E-state index is 0.00391. The number of fused-ring (bicyclic) bond motifs is 9. The Balaban J connectivity index is 2.07. The first-order valence-corrected chi connectivity index (χ1v) is 10.7. The third kappa shape index (κ3) is 2.50. The molecule has 6 heteroatoms. The van der Waals surface area contributed by atoms with Crippen molar-refractivity contribution in [1.29, 1.82) is 0 Å². The minimum atomic E-state index is 0.00391. The van der Waals surface area contributed by atoms with Crippen LogP contribution in [0.1, 0.15) is 0 Å². The average molecular weight is 452 g/mol. The Hall–Kier alpha value is -4.58. The van der Waals surface area contributed by atoms with Gasteiger partial charge >= 0.3 is 0 Å². The van der Waals surface area contributed by atoms with Crippen LogP contribution in [0.4, 0.5) is 0 Å². The second kappa shape index (κ2) is 6.96. The number of phenols is 4. The van der Waals surface area contributed by atoms with Crippen LogP contribution in [-0.2, 0) is 0 Å². The molecule has 34 heavy (non-hydrogen) atoms. The molecular formula is C28H20O6. The fraction of sp³-hybridized carbons (Fsp3) is 0.0714. The lowest BCUT2D eigenvalue weighted by atomic mass is 9.89. The fourth-order valence-corrected chi connectivity index (χ4v) is 5.12. The van der Waals surface area contributed by atoms with Gasteiger partial charge in [0.1, 0.15) is 34.5 Å². The highest BCUT2D eigenvalue weighted by Gasteiger charge is 2.21. The van der Waals surface area contributed by atoms with Gasteiger partial charge in [-0.05, 0) is 59.3 Å². The maximum Gasteiger partial charge on any atom is 0.127 e. The van der Waals surface area contributed by atoms with Gasteiger partial charge in [0.25, 0.3) is 0 Å². The van der Waals surface area contributed by atoms with E-state index in [1.165, 1.54) is 24.3 Å². The average Bonchev–Trinajstić information content (AvgIpc) is 2.86. The lowest BCUT2D eigenvalue weighted by molar-refractivity contribution is 0.420. The largest absolute Gasteiger partial charge is 0.507 e. The van der Waals surface area contributed by atoms with Crippen molar-refractivity contribution in [3.8, 4) is 34.5 Å². The molecule has 0 aromatic heterocycles. The van der Waals surface area contributed by atoms with Crippen LogP contribution in [0.15, 0.2) is 60.7 Å². The van der Waals surface area contributed by atoms with E-state index in [1.54, 1.807) is 26.4 Å². The van der Waals surface area contributed by atoms with Crippen LogP contribution in [0.3, 0.4) is 0 Å². The Morgan fingerprint density at radius 1 is 0.441 bits per heavy atom. The van der Waals surface area contributed by atoms with E-state index in [4.69, 9.17) is 9.47 Å². The van der Waals surface area contributed by atoms with Crippen molar-refractivity contribution in [1.82, 2.24) is 0 Å². The summed E-state index contributed by atoms with van der Waals surface area (Å²) in [5.74, 6) is 1.08. The maximum absolute atomic E-state index is 10.9. The molecule has 0 saturated carbocycles. The summed E-state index contributed by atoms with van der Waals surface area (Å²) >= 11 is 0. The van der Waals surface area contributed by atoms with E-state index in [0.717, 1.165) is 21.5 Å². The van der Waals surface area contributed by atoms with Gasteiger partial charge in [-0.25, -0.2) is 0 Å². The number of methoxy groups -OCH3 is 2. The monoisotopic (exact) mass is 452 g/mol. The Bertz CT molecular complexity index is 1690. The first-order chi connectivity index (χ1) is 16.4. The highest BCUT2D eigenvalue weighted by atomic mass is 16.5. The van der Waals surface area contributed by atoms with Crippen LogP contribution in [0, 0.1) is 0 Å². The van der Waals surface area contributed by atoms with Crippen molar-refractivity contribution < 1.29 is 29.9 Å². The number of aromatic hydroxyl groups is 4. The zero-order valence-electron chi connectivity index (χ0n) is 18.4. The summed E-state index contributed by atoms with van der Waals surface area (Å²) in [6.45, 7) is 0.